The van der Waals surface area contributed by atoms with Crippen LogP contribution in [0.4, 0.5) is 15.3 Å². The Bertz CT molecular complexity index is 3150. The number of nitrogens with two attached hydrogens (primary N) is 3. The predicted octanol–water partition coefficient (Wildman–Crippen LogP) is 3.63. The molecular formula is C56H67FN12O9S. The fourth-order valence-corrected chi connectivity index (χ4v) is 9.46. The zero-order valence-corrected chi connectivity index (χ0v) is 44.4. The molecule has 21 nitrogen and oxygen atoms in total. The first kappa shape index (κ1) is 58.1. The minimum absolute atomic E-state index is 0.00478. The number of carbonyl (C=O) groups is 5. The number of phenols is 1. The minimum Gasteiger partial charge on any atom is -0.508 e. The van der Waals surface area contributed by atoms with E-state index in [0.717, 1.165) is 35.5 Å². The maximum absolute atomic E-state index is 14.6. The van der Waals surface area contributed by atoms with E-state index in [2.05, 4.69) is 50.5 Å². The average Bonchev–Trinajstić information content (AvgIpc) is 3.85. The number of nitrogens with one attached hydrogen (secondary N) is 6. The number of rotatable bonds is 27. The molecule has 418 valence electrons. The quantitative estimate of drug-likeness (QED) is 0.0153. The summed E-state index contributed by atoms with van der Waals surface area (Å²) in [6.45, 7) is 3.60. The summed E-state index contributed by atoms with van der Waals surface area (Å²) in [6, 6.07) is 31.9. The summed E-state index contributed by atoms with van der Waals surface area (Å²) in [5.74, 6) is -3.15. The Hall–Kier alpha value is -8.54. The summed E-state index contributed by atoms with van der Waals surface area (Å²) < 4.78 is 38.8. The molecule has 13 N–H and O–H groups in total. The van der Waals surface area contributed by atoms with Crippen molar-refractivity contribution in [1.82, 2.24) is 31.2 Å². The predicted molar refractivity (Wildman–Crippen MR) is 301 cm³/mol. The summed E-state index contributed by atoms with van der Waals surface area (Å²) in [5.41, 5.74) is 23.0. The molecular weight excluding hydrogens is 1040 g/mol. The molecule has 3 atom stereocenters. The van der Waals surface area contributed by atoms with Crippen LogP contribution < -0.4 is 52.9 Å². The number of aliphatic imine (C=N–C) groups is 1. The Morgan fingerprint density at radius 1 is 0.722 bits per heavy atom. The van der Waals surface area contributed by atoms with Crippen LogP contribution in [0.5, 0.6) is 11.5 Å². The molecule has 6 aromatic rings. The standard InChI is InChI=1S/C56H67FN12O9S/c57-79(76,77)78-45-22-13-38(14-23-45)36-68-27-29-69(30-28-68)43-19-17-42(18-20-43)64-52(72)35-63-53(73)48(9-4-5-26-61-56(59)60)66-54(74)49(31-37-11-15-40(16-12-37)39-7-2-1-3-8-39)67-55(75)50(65-51(71)10-6-25-58)32-41-34-62-47-24-21-44(70)33-46(41)47/h1-3,7-8,11-24,33-34,48-50,62,70H,4-6,9-10,25-32,35-36,58H2,(H,63,73)(H,64,72)(H,65,71)(H,66,74)(H,67,75)(H4,59,60,61). The summed E-state index contributed by atoms with van der Waals surface area (Å²) in [5, 5.41) is 24.9. The van der Waals surface area contributed by atoms with Gasteiger partial charge in [-0.25, -0.2) is 0 Å². The number of H-pyrrole nitrogens is 1. The molecule has 3 unspecified atom stereocenters. The zero-order chi connectivity index (χ0) is 56.3. The van der Waals surface area contributed by atoms with Gasteiger partial charge in [-0.15, -0.1) is 0 Å². The highest BCUT2D eigenvalue weighted by Crippen LogP contribution is 2.26. The van der Waals surface area contributed by atoms with Crippen molar-refractivity contribution < 1.29 is 45.6 Å². The van der Waals surface area contributed by atoms with Crippen molar-refractivity contribution in [3.8, 4) is 22.6 Å². The highest BCUT2D eigenvalue weighted by Gasteiger charge is 2.31. The van der Waals surface area contributed by atoms with Crippen LogP contribution >= 0.6 is 0 Å². The van der Waals surface area contributed by atoms with Gasteiger partial charge in [-0.3, -0.25) is 33.9 Å². The third kappa shape index (κ3) is 18.3. The third-order valence-corrected chi connectivity index (χ3v) is 13.6. The molecule has 0 radical (unpaired) electrons. The number of aromatic hydroxyl groups is 1. The number of aromatic amines is 1. The average molecular weight is 1100 g/mol. The first-order chi connectivity index (χ1) is 38.0. The molecule has 23 heteroatoms. The molecule has 0 spiro atoms. The highest BCUT2D eigenvalue weighted by molar-refractivity contribution is 7.81. The lowest BCUT2D eigenvalue weighted by Gasteiger charge is -2.36. The molecule has 5 aromatic carbocycles. The first-order valence-electron chi connectivity index (χ1n) is 26.0. The number of aromatic nitrogens is 1. The second kappa shape index (κ2) is 28.2. The van der Waals surface area contributed by atoms with Gasteiger partial charge in [0.2, 0.25) is 29.5 Å². The molecule has 0 saturated carbocycles. The van der Waals surface area contributed by atoms with Gasteiger partial charge < -0.3 is 63.0 Å². The van der Waals surface area contributed by atoms with Crippen molar-refractivity contribution in [2.75, 3.05) is 56.0 Å². The summed E-state index contributed by atoms with van der Waals surface area (Å²) >= 11 is 0. The van der Waals surface area contributed by atoms with Gasteiger partial charge in [0.15, 0.2) is 5.96 Å². The van der Waals surface area contributed by atoms with Crippen LogP contribution in [0.2, 0.25) is 0 Å². The van der Waals surface area contributed by atoms with Crippen molar-refractivity contribution in [3.05, 3.63) is 144 Å². The number of hydrogen-bond acceptors (Lipinski definition) is 13. The van der Waals surface area contributed by atoms with Crippen molar-refractivity contribution in [3.63, 3.8) is 0 Å². The van der Waals surface area contributed by atoms with Crippen LogP contribution in [0.15, 0.2) is 133 Å². The van der Waals surface area contributed by atoms with Gasteiger partial charge in [0.05, 0.1) is 6.54 Å². The number of hydrogen-bond donors (Lipinski definition) is 10. The number of anilines is 2. The lowest BCUT2D eigenvalue weighted by molar-refractivity contribution is -0.134. The number of piperazine rings is 1. The van der Waals surface area contributed by atoms with E-state index in [1.54, 1.807) is 42.6 Å². The number of unbranched alkanes of at least 4 members (excludes halogenated alkanes) is 1. The Morgan fingerprint density at radius 2 is 1.38 bits per heavy atom. The molecule has 0 bridgehead atoms. The first-order valence-corrected chi connectivity index (χ1v) is 27.3. The summed E-state index contributed by atoms with van der Waals surface area (Å²) in [7, 11) is -5.10. The second-order valence-corrected chi connectivity index (χ2v) is 20.1. The Labute approximate surface area is 457 Å². The molecule has 79 heavy (non-hydrogen) atoms. The van der Waals surface area contributed by atoms with Gasteiger partial charge in [0.1, 0.15) is 29.6 Å². The largest absolute Gasteiger partial charge is 0.508 e. The molecule has 1 aliphatic rings. The van der Waals surface area contributed by atoms with Crippen molar-refractivity contribution >= 4 is 68.3 Å². The monoisotopic (exact) mass is 1100 g/mol. The maximum Gasteiger partial charge on any atom is 0.488 e. The van der Waals surface area contributed by atoms with Crippen molar-refractivity contribution in [2.45, 2.75) is 69.6 Å². The van der Waals surface area contributed by atoms with E-state index in [0.29, 0.717) is 66.6 Å². The molecule has 0 aliphatic carbocycles. The third-order valence-electron chi connectivity index (χ3n) is 13.2. The van der Waals surface area contributed by atoms with Crippen LogP contribution in [-0.4, -0.2) is 123 Å². The number of nitrogens with zero attached hydrogens (tertiary/aromatic N) is 3. The van der Waals surface area contributed by atoms with Gasteiger partial charge >= 0.3 is 10.5 Å². The molecule has 2 heterocycles. The maximum atomic E-state index is 14.6. The number of benzene rings is 5. The lowest BCUT2D eigenvalue weighted by atomic mass is 9.99. The smallest absolute Gasteiger partial charge is 0.488 e. The molecule has 1 aliphatic heterocycles. The minimum atomic E-state index is -5.10. The van der Waals surface area contributed by atoms with E-state index in [1.807, 2.05) is 66.7 Å². The van der Waals surface area contributed by atoms with E-state index in [9.17, 15) is 41.4 Å². The van der Waals surface area contributed by atoms with E-state index in [4.69, 9.17) is 17.2 Å². The summed E-state index contributed by atoms with van der Waals surface area (Å²) in [4.78, 5) is 81.3. The number of carbonyl (C=O) groups excluding carboxylic acids is 5. The number of halogens is 1. The number of guanidine groups is 1. The van der Waals surface area contributed by atoms with Gasteiger partial charge in [-0.05, 0) is 115 Å². The molecule has 5 amide bonds. The van der Waals surface area contributed by atoms with Crippen LogP contribution in [0.25, 0.3) is 22.0 Å². The Morgan fingerprint density at radius 3 is 2.05 bits per heavy atom. The second-order valence-electron chi connectivity index (χ2n) is 19.1. The van der Waals surface area contributed by atoms with Crippen LogP contribution in [0.1, 0.15) is 48.8 Å². The Balaban J connectivity index is 1.01. The van der Waals surface area contributed by atoms with Crippen molar-refractivity contribution in [1.29, 1.82) is 0 Å². The fourth-order valence-electron chi connectivity index (χ4n) is 9.12. The van der Waals surface area contributed by atoms with Gasteiger partial charge in [0.25, 0.3) is 0 Å². The molecule has 1 aromatic heterocycles. The zero-order valence-electron chi connectivity index (χ0n) is 43.5. The molecule has 1 fully saturated rings. The van der Waals surface area contributed by atoms with E-state index in [1.165, 1.54) is 18.2 Å². The summed E-state index contributed by atoms with van der Waals surface area (Å²) in [6.07, 6.45) is 3.07. The van der Waals surface area contributed by atoms with Crippen molar-refractivity contribution in [2.24, 2.45) is 22.2 Å². The fraction of sp³-hybridized carbons (Fsp3) is 0.321. The van der Waals surface area contributed by atoms with Gasteiger partial charge in [-0.1, -0.05) is 70.6 Å². The Kier molecular flexibility index (Phi) is 20.8. The van der Waals surface area contributed by atoms with Gasteiger partial charge in [0, 0.05) is 87.0 Å². The van der Waals surface area contributed by atoms with Gasteiger partial charge in [-0.2, -0.15) is 8.42 Å². The number of phenolic OH excluding ortho intramolecular Hbond substituents is 1. The molecule has 7 rings (SSSR count). The number of fused-ring (bicyclic) bond motifs is 1. The van der Waals surface area contributed by atoms with Crippen LogP contribution in [0.3, 0.4) is 0 Å². The van der Waals surface area contributed by atoms with E-state index in [-0.39, 0.29) is 56.2 Å². The van der Waals surface area contributed by atoms with Crippen LogP contribution in [0, 0.1) is 0 Å². The topological polar surface area (TPSA) is 322 Å². The number of amides is 5. The lowest BCUT2D eigenvalue weighted by Crippen LogP contribution is -2.58. The van der Waals surface area contributed by atoms with E-state index < -0.39 is 64.7 Å². The molecule has 1 saturated heterocycles. The van der Waals surface area contributed by atoms with E-state index >= 15 is 0 Å². The van der Waals surface area contributed by atoms with Crippen LogP contribution in [-0.2, 0) is 53.9 Å². The normalized spacial score (nSPS) is 13.8. The highest BCUT2D eigenvalue weighted by atomic mass is 32.3. The SMILES string of the molecule is NCCCC(=O)NC(Cc1c[nH]c2ccc(O)cc12)C(=O)NC(Cc1ccc(-c2ccccc2)cc1)C(=O)NC(CCCCN=C(N)N)C(=O)NCC(=O)Nc1ccc(N2CCN(Cc3ccc(OS(=O)(=O)F)cc3)CC2)cc1.